The number of nitrogens with zero attached hydrogens (tertiary/aromatic N) is 3. The Balaban J connectivity index is 1.33. The van der Waals surface area contributed by atoms with E-state index < -0.39 is 0 Å². The van der Waals surface area contributed by atoms with E-state index in [4.69, 9.17) is 0 Å². The van der Waals surface area contributed by atoms with Crippen LogP contribution in [0, 0.1) is 0 Å². The molecule has 1 aromatic heterocycles. The molecule has 1 aliphatic heterocycles. The first-order valence-corrected chi connectivity index (χ1v) is 11.5. The summed E-state index contributed by atoms with van der Waals surface area (Å²) in [5, 5.41) is 7.59. The van der Waals surface area contributed by atoms with E-state index in [1.54, 1.807) is 15.6 Å². The van der Waals surface area contributed by atoms with Crippen molar-refractivity contribution in [2.45, 2.75) is 25.6 Å². The van der Waals surface area contributed by atoms with Crippen LogP contribution in [0.1, 0.15) is 43.7 Å². The van der Waals surface area contributed by atoms with Gasteiger partial charge in [0.25, 0.3) is 11.8 Å². The Morgan fingerprint density at radius 1 is 0.853 bits per heavy atom. The van der Waals surface area contributed by atoms with Crippen LogP contribution in [-0.4, -0.2) is 33.0 Å². The minimum Gasteiger partial charge on any atom is -0.344 e. The Hall–Kier alpha value is -4.19. The van der Waals surface area contributed by atoms with Crippen LogP contribution < -0.4 is 5.32 Å². The smallest absolute Gasteiger partial charge is 0.272 e. The molecule has 0 saturated carbocycles. The van der Waals surface area contributed by atoms with Crippen molar-refractivity contribution in [2.75, 3.05) is 6.54 Å². The van der Waals surface area contributed by atoms with Crippen LogP contribution in [0.5, 0.6) is 0 Å². The highest BCUT2D eigenvalue weighted by atomic mass is 16.2. The largest absolute Gasteiger partial charge is 0.344 e. The molecule has 4 aromatic rings. The first kappa shape index (κ1) is 21.6. The van der Waals surface area contributed by atoms with Gasteiger partial charge in [-0.15, -0.1) is 0 Å². The second kappa shape index (κ2) is 9.75. The Bertz CT molecular complexity index is 1270. The molecule has 0 aliphatic carbocycles. The minimum atomic E-state index is -0.283. The van der Waals surface area contributed by atoms with E-state index in [-0.39, 0.29) is 23.6 Å². The number of hydrogen-bond acceptors (Lipinski definition) is 3. The summed E-state index contributed by atoms with van der Waals surface area (Å²) in [4.78, 5) is 28.1. The first-order valence-electron chi connectivity index (χ1n) is 11.5. The van der Waals surface area contributed by atoms with Crippen LogP contribution >= 0.6 is 0 Å². The van der Waals surface area contributed by atoms with Gasteiger partial charge in [0.05, 0.1) is 12.6 Å². The van der Waals surface area contributed by atoms with Crippen LogP contribution in [0.25, 0.3) is 0 Å². The van der Waals surface area contributed by atoms with E-state index in [0.29, 0.717) is 31.7 Å². The van der Waals surface area contributed by atoms with Gasteiger partial charge >= 0.3 is 0 Å². The summed E-state index contributed by atoms with van der Waals surface area (Å²) in [6, 6.07) is 31.3. The lowest BCUT2D eigenvalue weighted by Gasteiger charge is -2.27. The summed E-state index contributed by atoms with van der Waals surface area (Å²) in [5.74, 6) is -0.389. The quantitative estimate of drug-likeness (QED) is 0.458. The van der Waals surface area contributed by atoms with E-state index in [1.807, 2.05) is 78.9 Å². The highest BCUT2D eigenvalue weighted by Gasteiger charge is 2.28. The van der Waals surface area contributed by atoms with E-state index in [9.17, 15) is 9.59 Å². The SMILES string of the molecule is O=C(NC(Cc1ccccc1)c1ccccc1)c1cc2n(n1)CCN(Cc1ccccc1)C2=O. The van der Waals surface area contributed by atoms with Gasteiger partial charge in [-0.3, -0.25) is 14.3 Å². The average Bonchev–Trinajstić information content (AvgIpc) is 3.33. The molecule has 0 radical (unpaired) electrons. The van der Waals surface area contributed by atoms with E-state index in [1.165, 1.54) is 0 Å². The predicted molar refractivity (Wildman–Crippen MR) is 130 cm³/mol. The zero-order chi connectivity index (χ0) is 23.3. The normalized spacial score (nSPS) is 13.9. The van der Waals surface area contributed by atoms with Crippen LogP contribution in [0.15, 0.2) is 97.1 Å². The van der Waals surface area contributed by atoms with Crippen molar-refractivity contribution in [3.8, 4) is 0 Å². The third kappa shape index (κ3) is 4.76. The van der Waals surface area contributed by atoms with Gasteiger partial charge in [0.1, 0.15) is 5.69 Å². The maximum Gasteiger partial charge on any atom is 0.272 e. The number of nitrogens with one attached hydrogen (secondary N) is 1. The van der Waals surface area contributed by atoms with Crippen molar-refractivity contribution in [3.63, 3.8) is 0 Å². The number of aromatic nitrogens is 2. The lowest BCUT2D eigenvalue weighted by Crippen LogP contribution is -2.39. The van der Waals surface area contributed by atoms with Gasteiger partial charge in [-0.2, -0.15) is 5.10 Å². The topological polar surface area (TPSA) is 67.2 Å². The summed E-state index contributed by atoms with van der Waals surface area (Å²) in [7, 11) is 0. The van der Waals surface area contributed by atoms with Gasteiger partial charge in [-0.25, -0.2) is 0 Å². The zero-order valence-corrected chi connectivity index (χ0v) is 18.8. The zero-order valence-electron chi connectivity index (χ0n) is 18.8. The number of amides is 2. The summed E-state index contributed by atoms with van der Waals surface area (Å²) < 4.78 is 1.65. The fraction of sp³-hybridized carbons (Fsp3) is 0.179. The molecule has 170 valence electrons. The van der Waals surface area contributed by atoms with Gasteiger partial charge in [0.15, 0.2) is 5.69 Å². The Kier molecular flexibility index (Phi) is 6.21. The highest BCUT2D eigenvalue weighted by molar-refractivity contribution is 5.98. The molecule has 5 rings (SSSR count). The average molecular weight is 451 g/mol. The number of rotatable bonds is 7. The number of carbonyl (C=O) groups excluding carboxylic acids is 2. The molecule has 0 spiro atoms. The van der Waals surface area contributed by atoms with Crippen molar-refractivity contribution in [3.05, 3.63) is 125 Å². The molecule has 3 aromatic carbocycles. The van der Waals surface area contributed by atoms with Crippen LogP contribution in [0.2, 0.25) is 0 Å². The number of carbonyl (C=O) groups is 2. The summed E-state index contributed by atoms with van der Waals surface area (Å²) in [5.41, 5.74) is 3.94. The van der Waals surface area contributed by atoms with E-state index >= 15 is 0 Å². The molecule has 34 heavy (non-hydrogen) atoms. The van der Waals surface area contributed by atoms with Crippen LogP contribution in [0.3, 0.4) is 0 Å². The molecule has 0 saturated heterocycles. The molecule has 6 nitrogen and oxygen atoms in total. The Morgan fingerprint density at radius 2 is 1.47 bits per heavy atom. The molecule has 1 unspecified atom stereocenters. The molecular weight excluding hydrogens is 424 g/mol. The van der Waals surface area contributed by atoms with Crippen molar-refractivity contribution < 1.29 is 9.59 Å². The second-order valence-corrected chi connectivity index (χ2v) is 8.48. The fourth-order valence-electron chi connectivity index (χ4n) is 4.32. The van der Waals surface area contributed by atoms with Gasteiger partial charge in [0.2, 0.25) is 0 Å². The van der Waals surface area contributed by atoms with Crippen LogP contribution in [0.4, 0.5) is 0 Å². The van der Waals surface area contributed by atoms with Crippen molar-refractivity contribution in [1.29, 1.82) is 0 Å². The molecule has 0 bridgehead atoms. The van der Waals surface area contributed by atoms with Gasteiger partial charge in [-0.05, 0) is 23.1 Å². The number of benzene rings is 3. The summed E-state index contributed by atoms with van der Waals surface area (Å²) >= 11 is 0. The second-order valence-electron chi connectivity index (χ2n) is 8.48. The van der Waals surface area contributed by atoms with E-state index in [0.717, 1.165) is 16.7 Å². The maximum atomic E-state index is 13.2. The van der Waals surface area contributed by atoms with Crippen LogP contribution in [-0.2, 0) is 19.5 Å². The third-order valence-corrected chi connectivity index (χ3v) is 6.11. The molecule has 6 heteroatoms. The molecule has 1 aliphatic rings. The standard InChI is InChI=1S/C28H26N4O2/c33-27(29-24(23-14-8-3-9-15-23)18-21-10-4-1-5-11-21)25-19-26-28(34)31(16-17-32(26)30-25)20-22-12-6-2-7-13-22/h1-15,19,24H,16-18,20H2,(H,29,33). The summed E-state index contributed by atoms with van der Waals surface area (Å²) in [6.45, 7) is 1.66. The van der Waals surface area contributed by atoms with Gasteiger partial charge in [0, 0.05) is 19.2 Å². The molecular formula is C28H26N4O2. The minimum absolute atomic E-state index is 0.106. The molecule has 2 heterocycles. The van der Waals surface area contributed by atoms with Crippen molar-refractivity contribution in [2.24, 2.45) is 0 Å². The Labute approximate surface area is 198 Å². The van der Waals surface area contributed by atoms with E-state index in [2.05, 4.69) is 22.5 Å². The molecule has 1 N–H and O–H groups in total. The van der Waals surface area contributed by atoms with Gasteiger partial charge in [-0.1, -0.05) is 91.0 Å². The first-order chi connectivity index (χ1) is 16.7. The number of fused-ring (bicyclic) bond motifs is 1. The molecule has 1 atom stereocenters. The maximum absolute atomic E-state index is 13.2. The highest BCUT2D eigenvalue weighted by Crippen LogP contribution is 2.21. The fourth-order valence-corrected chi connectivity index (χ4v) is 4.32. The number of hydrogen-bond donors (Lipinski definition) is 1. The summed E-state index contributed by atoms with van der Waals surface area (Å²) in [6.07, 6.45) is 0.661. The Morgan fingerprint density at radius 3 is 2.15 bits per heavy atom. The molecule has 2 amide bonds. The third-order valence-electron chi connectivity index (χ3n) is 6.11. The lowest BCUT2D eigenvalue weighted by atomic mass is 9.98. The predicted octanol–water partition coefficient (Wildman–Crippen LogP) is 4.25. The van der Waals surface area contributed by atoms with Crippen molar-refractivity contribution >= 4 is 11.8 Å². The van der Waals surface area contributed by atoms with Gasteiger partial charge < -0.3 is 10.2 Å². The lowest BCUT2D eigenvalue weighted by molar-refractivity contribution is 0.0683. The molecule has 0 fully saturated rings. The monoisotopic (exact) mass is 450 g/mol. The van der Waals surface area contributed by atoms with Crippen molar-refractivity contribution in [1.82, 2.24) is 20.0 Å².